The topological polar surface area (TPSA) is 122 Å². The van der Waals surface area contributed by atoms with E-state index < -0.39 is 12.0 Å². The van der Waals surface area contributed by atoms with Gasteiger partial charge in [-0.1, -0.05) is 11.6 Å². The van der Waals surface area contributed by atoms with Gasteiger partial charge in [0.2, 0.25) is 5.82 Å². The third-order valence-electron chi connectivity index (χ3n) is 2.61. The van der Waals surface area contributed by atoms with Gasteiger partial charge in [-0.15, -0.1) is 5.10 Å². The second kappa shape index (κ2) is 7.36. The van der Waals surface area contributed by atoms with Crippen LogP contribution in [0.2, 0.25) is 5.02 Å². The largest absolute Gasteiger partial charge is 0.465 e. The molecule has 22 heavy (non-hydrogen) atoms. The molecule has 116 valence electrons. The van der Waals surface area contributed by atoms with E-state index in [1.54, 1.807) is 18.3 Å². The van der Waals surface area contributed by atoms with Crippen molar-refractivity contribution in [3.8, 4) is 0 Å². The third kappa shape index (κ3) is 4.42. The first-order valence-electron chi connectivity index (χ1n) is 6.30. The predicted octanol–water partition coefficient (Wildman–Crippen LogP) is 0.524. The van der Waals surface area contributed by atoms with Gasteiger partial charge in [-0.25, -0.2) is 9.78 Å². The average Bonchev–Trinajstić information content (AvgIpc) is 2.94. The average molecular weight is 325 g/mol. The van der Waals surface area contributed by atoms with Crippen LogP contribution in [0, 0.1) is 0 Å². The molecule has 0 aliphatic carbocycles. The molecule has 2 rings (SSSR count). The van der Waals surface area contributed by atoms with Crippen LogP contribution < -0.4 is 10.6 Å². The van der Waals surface area contributed by atoms with Crippen LogP contribution >= 0.6 is 11.6 Å². The molecule has 10 heteroatoms. The molecule has 0 fully saturated rings. The van der Waals surface area contributed by atoms with Crippen molar-refractivity contribution in [2.24, 2.45) is 0 Å². The minimum Gasteiger partial charge on any atom is -0.465 e. The van der Waals surface area contributed by atoms with Gasteiger partial charge in [0, 0.05) is 12.7 Å². The van der Waals surface area contributed by atoms with Crippen molar-refractivity contribution in [2.75, 3.05) is 6.54 Å². The zero-order valence-electron chi connectivity index (χ0n) is 11.4. The first-order chi connectivity index (χ1) is 10.6. The predicted molar refractivity (Wildman–Crippen MR) is 76.5 cm³/mol. The lowest BCUT2D eigenvalue weighted by molar-refractivity contribution is 0.0939. The molecule has 0 saturated carbocycles. The number of hydrogen-bond donors (Lipinski definition) is 3. The fourth-order valence-corrected chi connectivity index (χ4v) is 1.76. The van der Waals surface area contributed by atoms with E-state index in [2.05, 4.69) is 25.7 Å². The Balaban J connectivity index is 1.86. The van der Waals surface area contributed by atoms with E-state index in [4.69, 9.17) is 16.7 Å². The number of halogens is 1. The summed E-state index contributed by atoms with van der Waals surface area (Å²) in [6, 6.07) is 3.38. The SMILES string of the molecule is O=C(O)NCCn1cnc(C(=O)NCc2ncccc2Cl)n1. The van der Waals surface area contributed by atoms with Gasteiger partial charge in [0.25, 0.3) is 5.91 Å². The van der Waals surface area contributed by atoms with Gasteiger partial charge >= 0.3 is 6.09 Å². The van der Waals surface area contributed by atoms with Crippen molar-refractivity contribution >= 4 is 23.6 Å². The lowest BCUT2D eigenvalue weighted by Crippen LogP contribution is -2.26. The van der Waals surface area contributed by atoms with E-state index in [0.29, 0.717) is 10.7 Å². The highest BCUT2D eigenvalue weighted by atomic mass is 35.5. The van der Waals surface area contributed by atoms with Crippen LogP contribution in [0.5, 0.6) is 0 Å². The molecule has 2 aromatic rings. The molecule has 0 atom stereocenters. The Morgan fingerprint density at radius 3 is 2.86 bits per heavy atom. The Kier molecular flexibility index (Phi) is 5.26. The summed E-state index contributed by atoms with van der Waals surface area (Å²) < 4.78 is 1.37. The van der Waals surface area contributed by atoms with Gasteiger partial charge in [-0.2, -0.15) is 0 Å². The Morgan fingerprint density at radius 2 is 2.14 bits per heavy atom. The number of amides is 2. The molecular formula is C12H13ClN6O3. The van der Waals surface area contributed by atoms with Crippen molar-refractivity contribution in [1.82, 2.24) is 30.4 Å². The van der Waals surface area contributed by atoms with Gasteiger partial charge in [0.15, 0.2) is 0 Å². The Hall–Kier alpha value is -2.68. The number of pyridine rings is 1. The molecule has 0 aliphatic rings. The summed E-state index contributed by atoms with van der Waals surface area (Å²) in [4.78, 5) is 30.1. The Bertz CT molecular complexity index is 674. The molecule has 0 spiro atoms. The number of nitrogens with zero attached hydrogens (tertiary/aromatic N) is 4. The molecule has 0 bridgehead atoms. The first kappa shape index (κ1) is 15.7. The molecule has 9 nitrogen and oxygen atoms in total. The van der Waals surface area contributed by atoms with E-state index in [1.807, 2.05) is 0 Å². The van der Waals surface area contributed by atoms with Crippen molar-refractivity contribution < 1.29 is 14.7 Å². The quantitative estimate of drug-likeness (QED) is 0.712. The second-order valence-corrected chi connectivity index (χ2v) is 4.58. The minimum absolute atomic E-state index is 0.0117. The molecule has 0 aromatic carbocycles. The van der Waals surface area contributed by atoms with Crippen LogP contribution in [0.1, 0.15) is 16.3 Å². The minimum atomic E-state index is -1.12. The number of rotatable bonds is 6. The van der Waals surface area contributed by atoms with E-state index in [9.17, 15) is 9.59 Å². The fourth-order valence-electron chi connectivity index (χ4n) is 1.58. The zero-order chi connectivity index (χ0) is 15.9. The van der Waals surface area contributed by atoms with E-state index in [1.165, 1.54) is 11.0 Å². The summed E-state index contributed by atoms with van der Waals surface area (Å²) >= 11 is 5.94. The van der Waals surface area contributed by atoms with Crippen molar-refractivity contribution in [2.45, 2.75) is 13.1 Å². The standard InChI is InChI=1S/C12H13ClN6O3/c13-8-2-1-3-14-9(8)6-16-11(20)10-17-7-19(18-10)5-4-15-12(21)22/h1-3,7,15H,4-6H2,(H,16,20)(H,21,22). The van der Waals surface area contributed by atoms with Crippen molar-refractivity contribution in [3.63, 3.8) is 0 Å². The summed E-state index contributed by atoms with van der Waals surface area (Å²) in [6.45, 7) is 0.607. The maximum atomic E-state index is 11.9. The summed E-state index contributed by atoms with van der Waals surface area (Å²) in [6.07, 6.45) is 1.81. The molecular weight excluding hydrogens is 312 g/mol. The van der Waals surface area contributed by atoms with Crippen LogP contribution in [-0.4, -0.2) is 43.4 Å². The zero-order valence-corrected chi connectivity index (χ0v) is 12.1. The van der Waals surface area contributed by atoms with Crippen LogP contribution in [0.15, 0.2) is 24.7 Å². The number of nitrogens with one attached hydrogen (secondary N) is 2. The van der Waals surface area contributed by atoms with Crippen LogP contribution in [0.3, 0.4) is 0 Å². The fraction of sp³-hybridized carbons (Fsp3) is 0.250. The Morgan fingerprint density at radius 1 is 1.32 bits per heavy atom. The van der Waals surface area contributed by atoms with Gasteiger partial charge in [-0.3, -0.25) is 14.5 Å². The summed E-state index contributed by atoms with van der Waals surface area (Å²) in [5, 5.41) is 17.7. The van der Waals surface area contributed by atoms with E-state index in [-0.39, 0.29) is 25.5 Å². The van der Waals surface area contributed by atoms with Crippen molar-refractivity contribution in [3.05, 3.63) is 41.2 Å². The molecule has 2 aromatic heterocycles. The third-order valence-corrected chi connectivity index (χ3v) is 2.95. The van der Waals surface area contributed by atoms with E-state index in [0.717, 1.165) is 0 Å². The molecule has 3 N–H and O–H groups in total. The Labute approximate surface area is 130 Å². The molecule has 0 radical (unpaired) electrons. The van der Waals surface area contributed by atoms with E-state index >= 15 is 0 Å². The monoisotopic (exact) mass is 324 g/mol. The number of aromatic nitrogens is 4. The molecule has 0 aliphatic heterocycles. The normalized spacial score (nSPS) is 10.2. The first-order valence-corrected chi connectivity index (χ1v) is 6.68. The molecule has 0 unspecified atom stereocenters. The van der Waals surface area contributed by atoms with Gasteiger partial charge in [-0.05, 0) is 12.1 Å². The van der Waals surface area contributed by atoms with Crippen LogP contribution in [-0.2, 0) is 13.1 Å². The van der Waals surface area contributed by atoms with Crippen LogP contribution in [0.4, 0.5) is 4.79 Å². The number of carbonyl (C=O) groups excluding carboxylic acids is 1. The van der Waals surface area contributed by atoms with Crippen molar-refractivity contribution in [1.29, 1.82) is 0 Å². The summed E-state index contributed by atoms with van der Waals surface area (Å²) in [5.74, 6) is -0.478. The highest BCUT2D eigenvalue weighted by molar-refractivity contribution is 6.31. The second-order valence-electron chi connectivity index (χ2n) is 4.18. The maximum absolute atomic E-state index is 11.9. The highest BCUT2D eigenvalue weighted by Crippen LogP contribution is 2.11. The maximum Gasteiger partial charge on any atom is 0.404 e. The van der Waals surface area contributed by atoms with Gasteiger partial charge in [0.05, 0.1) is 23.8 Å². The van der Waals surface area contributed by atoms with Crippen LogP contribution in [0.25, 0.3) is 0 Å². The highest BCUT2D eigenvalue weighted by Gasteiger charge is 2.12. The number of carbonyl (C=O) groups is 2. The summed E-state index contributed by atoms with van der Waals surface area (Å²) in [5.41, 5.74) is 0.544. The molecule has 2 heterocycles. The van der Waals surface area contributed by atoms with Gasteiger partial charge in [0.1, 0.15) is 6.33 Å². The van der Waals surface area contributed by atoms with Gasteiger partial charge < -0.3 is 15.7 Å². The molecule has 2 amide bonds. The number of hydrogen-bond acceptors (Lipinski definition) is 5. The lowest BCUT2D eigenvalue weighted by atomic mass is 10.3. The lowest BCUT2D eigenvalue weighted by Gasteiger charge is -2.03. The number of carboxylic acid groups (broad SMARTS) is 1. The molecule has 0 saturated heterocycles. The smallest absolute Gasteiger partial charge is 0.404 e. The summed E-state index contributed by atoms with van der Waals surface area (Å²) in [7, 11) is 0.